The van der Waals surface area contributed by atoms with Crippen molar-refractivity contribution in [2.75, 3.05) is 5.32 Å². The Hall–Kier alpha value is -2.69. The summed E-state index contributed by atoms with van der Waals surface area (Å²) in [5.41, 5.74) is 2.98. The highest BCUT2D eigenvalue weighted by Crippen LogP contribution is 2.19. The molecular weight excluding hydrogens is 280 g/mol. The van der Waals surface area contributed by atoms with Gasteiger partial charge < -0.3 is 10.1 Å². The summed E-state index contributed by atoms with van der Waals surface area (Å²) in [7, 11) is 0. The van der Waals surface area contributed by atoms with Gasteiger partial charge in [0.2, 0.25) is 0 Å². The number of rotatable bonds is 4. The van der Waals surface area contributed by atoms with Crippen molar-refractivity contribution < 1.29 is 14.3 Å². The maximum atomic E-state index is 12.2. The number of carbonyl (C=O) groups is 2. The molecule has 0 radical (unpaired) electrons. The highest BCUT2D eigenvalue weighted by atomic mass is 16.5. The second kappa shape index (κ2) is 6.85. The number of nitrogens with one attached hydrogen (secondary N) is 1. The van der Waals surface area contributed by atoms with Crippen molar-refractivity contribution in [1.82, 2.24) is 4.98 Å². The van der Waals surface area contributed by atoms with Crippen LogP contribution >= 0.6 is 0 Å². The van der Waals surface area contributed by atoms with Gasteiger partial charge in [-0.1, -0.05) is 18.2 Å². The van der Waals surface area contributed by atoms with E-state index in [1.807, 2.05) is 32.0 Å². The van der Waals surface area contributed by atoms with Crippen molar-refractivity contribution in [2.45, 2.75) is 26.9 Å². The van der Waals surface area contributed by atoms with Gasteiger partial charge in [-0.15, -0.1) is 0 Å². The molecule has 1 aromatic heterocycles. The van der Waals surface area contributed by atoms with Gasteiger partial charge in [0.25, 0.3) is 5.91 Å². The SMILES string of the molecule is Cc1cccc(C)c1NC(=O)C(C)OC(=O)c1cccnc1. The summed E-state index contributed by atoms with van der Waals surface area (Å²) in [5, 5.41) is 2.80. The Kier molecular flexibility index (Phi) is 4.88. The monoisotopic (exact) mass is 298 g/mol. The molecule has 0 spiro atoms. The lowest BCUT2D eigenvalue weighted by molar-refractivity contribution is -0.123. The third kappa shape index (κ3) is 3.69. The maximum Gasteiger partial charge on any atom is 0.340 e. The van der Waals surface area contributed by atoms with Crippen molar-refractivity contribution in [1.29, 1.82) is 0 Å². The topological polar surface area (TPSA) is 68.3 Å². The Labute approximate surface area is 129 Å². The third-order valence-electron chi connectivity index (χ3n) is 3.28. The van der Waals surface area contributed by atoms with E-state index in [4.69, 9.17) is 4.74 Å². The lowest BCUT2D eigenvalue weighted by Crippen LogP contribution is -2.30. The Morgan fingerprint density at radius 3 is 2.41 bits per heavy atom. The third-order valence-corrected chi connectivity index (χ3v) is 3.28. The summed E-state index contributed by atoms with van der Waals surface area (Å²) in [5.74, 6) is -0.938. The average Bonchev–Trinajstić information content (AvgIpc) is 2.51. The quantitative estimate of drug-likeness (QED) is 0.881. The first-order valence-corrected chi connectivity index (χ1v) is 6.97. The number of pyridine rings is 1. The molecule has 0 aliphatic carbocycles. The van der Waals surface area contributed by atoms with Gasteiger partial charge in [0.15, 0.2) is 6.10 Å². The number of para-hydroxylation sites is 1. The molecule has 0 saturated carbocycles. The molecule has 2 rings (SSSR count). The van der Waals surface area contributed by atoms with Gasteiger partial charge in [-0.05, 0) is 44.0 Å². The zero-order valence-electron chi connectivity index (χ0n) is 12.8. The van der Waals surface area contributed by atoms with Crippen molar-refractivity contribution >= 4 is 17.6 Å². The van der Waals surface area contributed by atoms with Gasteiger partial charge in [0, 0.05) is 18.1 Å². The van der Waals surface area contributed by atoms with Crippen LogP contribution in [0, 0.1) is 13.8 Å². The van der Waals surface area contributed by atoms with E-state index in [0.29, 0.717) is 5.56 Å². The van der Waals surface area contributed by atoms with Gasteiger partial charge in [-0.2, -0.15) is 0 Å². The normalized spacial score (nSPS) is 11.6. The van der Waals surface area contributed by atoms with E-state index >= 15 is 0 Å². The first-order chi connectivity index (χ1) is 10.5. The van der Waals surface area contributed by atoms with Crippen LogP contribution in [0.15, 0.2) is 42.7 Å². The second-order valence-electron chi connectivity index (χ2n) is 5.05. The molecule has 0 fully saturated rings. The van der Waals surface area contributed by atoms with Crippen molar-refractivity contribution in [3.8, 4) is 0 Å². The van der Waals surface area contributed by atoms with Crippen LogP contribution in [0.2, 0.25) is 0 Å². The van der Waals surface area contributed by atoms with Crippen molar-refractivity contribution in [3.05, 3.63) is 59.4 Å². The standard InChI is InChI=1S/C17H18N2O3/c1-11-6-4-7-12(2)15(11)19-16(20)13(3)22-17(21)14-8-5-9-18-10-14/h4-10,13H,1-3H3,(H,19,20). The zero-order chi connectivity index (χ0) is 16.1. The number of hydrogen-bond donors (Lipinski definition) is 1. The summed E-state index contributed by atoms with van der Waals surface area (Å²) in [4.78, 5) is 27.9. The lowest BCUT2D eigenvalue weighted by atomic mass is 10.1. The molecular formula is C17H18N2O3. The molecule has 2 aromatic rings. The Morgan fingerprint density at radius 2 is 1.82 bits per heavy atom. The molecule has 1 amide bonds. The largest absolute Gasteiger partial charge is 0.449 e. The van der Waals surface area contributed by atoms with E-state index in [0.717, 1.165) is 16.8 Å². The molecule has 1 atom stereocenters. The van der Waals surface area contributed by atoms with E-state index in [1.165, 1.54) is 13.1 Å². The van der Waals surface area contributed by atoms with Crippen LogP contribution in [0.5, 0.6) is 0 Å². The molecule has 0 aliphatic rings. The summed E-state index contributed by atoms with van der Waals surface area (Å²) in [6.07, 6.45) is 2.07. The van der Waals surface area contributed by atoms with Gasteiger partial charge in [0.05, 0.1) is 5.56 Å². The van der Waals surface area contributed by atoms with E-state index < -0.39 is 12.1 Å². The Balaban J connectivity index is 2.02. The molecule has 0 aliphatic heterocycles. The smallest absolute Gasteiger partial charge is 0.340 e. The lowest BCUT2D eigenvalue weighted by Gasteiger charge is -2.16. The summed E-state index contributed by atoms with van der Waals surface area (Å²) >= 11 is 0. The van der Waals surface area contributed by atoms with Crippen LogP contribution in [0.3, 0.4) is 0 Å². The highest BCUT2D eigenvalue weighted by molar-refractivity contribution is 5.98. The minimum atomic E-state index is -0.897. The number of carbonyl (C=O) groups excluding carboxylic acids is 2. The molecule has 1 heterocycles. The van der Waals surface area contributed by atoms with Crippen LogP contribution < -0.4 is 5.32 Å². The highest BCUT2D eigenvalue weighted by Gasteiger charge is 2.20. The number of amides is 1. The number of esters is 1. The number of benzene rings is 1. The molecule has 5 heteroatoms. The Bertz CT molecular complexity index is 663. The van der Waals surface area contributed by atoms with Gasteiger partial charge >= 0.3 is 5.97 Å². The van der Waals surface area contributed by atoms with E-state index in [1.54, 1.807) is 18.3 Å². The molecule has 1 unspecified atom stereocenters. The summed E-state index contributed by atoms with van der Waals surface area (Å²) < 4.78 is 5.16. The van der Waals surface area contributed by atoms with Crippen LogP contribution in [0.4, 0.5) is 5.69 Å². The van der Waals surface area contributed by atoms with Crippen LogP contribution in [-0.4, -0.2) is 23.0 Å². The molecule has 22 heavy (non-hydrogen) atoms. The fourth-order valence-electron chi connectivity index (χ4n) is 2.00. The van der Waals surface area contributed by atoms with Gasteiger partial charge in [-0.25, -0.2) is 4.79 Å². The summed E-state index contributed by atoms with van der Waals surface area (Å²) in [6, 6.07) is 8.97. The van der Waals surface area contributed by atoms with Gasteiger partial charge in [-0.3, -0.25) is 9.78 Å². The first-order valence-electron chi connectivity index (χ1n) is 6.97. The van der Waals surface area contributed by atoms with Crippen molar-refractivity contribution in [2.24, 2.45) is 0 Å². The van der Waals surface area contributed by atoms with E-state index in [2.05, 4.69) is 10.3 Å². The van der Waals surface area contributed by atoms with E-state index in [9.17, 15) is 9.59 Å². The van der Waals surface area contributed by atoms with Crippen LogP contribution in [-0.2, 0) is 9.53 Å². The first kappa shape index (κ1) is 15.7. The predicted molar refractivity (Wildman–Crippen MR) is 83.7 cm³/mol. The number of nitrogens with zero attached hydrogens (tertiary/aromatic N) is 1. The Morgan fingerprint density at radius 1 is 1.14 bits per heavy atom. The number of aryl methyl sites for hydroxylation is 2. The van der Waals surface area contributed by atoms with Crippen LogP contribution in [0.25, 0.3) is 0 Å². The number of aromatic nitrogens is 1. The van der Waals surface area contributed by atoms with E-state index in [-0.39, 0.29) is 5.91 Å². The maximum absolute atomic E-state index is 12.2. The fourth-order valence-corrected chi connectivity index (χ4v) is 2.00. The zero-order valence-corrected chi connectivity index (χ0v) is 12.8. The molecule has 1 N–H and O–H groups in total. The number of anilines is 1. The molecule has 0 saturated heterocycles. The predicted octanol–water partition coefficient (Wildman–Crippen LogP) is 2.88. The summed E-state index contributed by atoms with van der Waals surface area (Å²) in [6.45, 7) is 5.36. The average molecular weight is 298 g/mol. The minimum Gasteiger partial charge on any atom is -0.449 e. The molecule has 5 nitrogen and oxygen atoms in total. The minimum absolute atomic E-state index is 0.314. The van der Waals surface area contributed by atoms with Gasteiger partial charge in [0.1, 0.15) is 0 Å². The second-order valence-corrected chi connectivity index (χ2v) is 5.05. The number of hydrogen-bond acceptors (Lipinski definition) is 4. The van der Waals surface area contributed by atoms with Crippen molar-refractivity contribution in [3.63, 3.8) is 0 Å². The molecule has 114 valence electrons. The fraction of sp³-hybridized carbons (Fsp3) is 0.235. The number of ether oxygens (including phenoxy) is 1. The molecule has 0 bridgehead atoms. The van der Waals surface area contributed by atoms with Crippen LogP contribution in [0.1, 0.15) is 28.4 Å². The molecule has 1 aromatic carbocycles.